The second-order valence-corrected chi connectivity index (χ2v) is 29.5. The smallest absolute Gasteiger partial charge is 0.245 e. The Morgan fingerprint density at radius 2 is 1.16 bits per heavy atom. The second-order valence-electron chi connectivity index (χ2n) is 28.4. The van der Waals surface area contributed by atoms with Crippen molar-refractivity contribution in [2.75, 3.05) is 51.3 Å². The molecular formula is C78H97F5N16O9S. The summed E-state index contributed by atoms with van der Waals surface area (Å²) < 4.78 is 75.3. The van der Waals surface area contributed by atoms with Crippen LogP contribution in [-0.2, 0) is 70.5 Å². The summed E-state index contributed by atoms with van der Waals surface area (Å²) in [6.07, 6.45) is 2.69. The van der Waals surface area contributed by atoms with Gasteiger partial charge in [-0.3, -0.25) is 43.3 Å². The van der Waals surface area contributed by atoms with Crippen LogP contribution in [0.5, 0.6) is 0 Å². The number of likely N-dealkylation sites (tertiary alicyclic amines) is 1. The number of thioether (sulfide) groups is 1. The predicted molar refractivity (Wildman–Crippen MR) is 405 cm³/mol. The molecule has 0 saturated carbocycles. The fourth-order valence-electron chi connectivity index (χ4n) is 14.8. The first-order valence-corrected chi connectivity index (χ1v) is 38.2. The molecule has 5 aromatic carbocycles. The van der Waals surface area contributed by atoms with Crippen molar-refractivity contribution in [3.8, 4) is 0 Å². The van der Waals surface area contributed by atoms with Crippen molar-refractivity contribution < 1.29 is 65.4 Å². The number of aliphatic hydroxyl groups is 1. The second kappa shape index (κ2) is 38.9. The number of nitrogens with two attached hydrogens (primary N) is 3. The molecule has 7 aromatic rings. The number of nitrogens with zero attached hydrogens (tertiary/aromatic N) is 2. The lowest BCUT2D eigenvalue weighted by atomic mass is 9.73. The average molecular weight is 1530 g/mol. The largest absolute Gasteiger partial charge is 0.391 e. The first kappa shape index (κ1) is 81.6. The van der Waals surface area contributed by atoms with E-state index in [4.69, 9.17) is 17.2 Å². The number of aromatic amines is 2. The molecule has 0 bridgehead atoms. The number of hydrogen-bond acceptors (Lipinski definition) is 14. The van der Waals surface area contributed by atoms with Gasteiger partial charge in [0.05, 0.1) is 12.1 Å². The van der Waals surface area contributed by atoms with Crippen molar-refractivity contribution in [3.05, 3.63) is 178 Å². The standard InChI is InChI=1S/C78H97F5N16O9S/c1-43(100)69-77(108)97-61(38-52-64(79)66(81)68(83)67(82)65(52)80)70(101)88-29-14-12-24-55(87-31-32-109-42-46-33-51-50-22-15-26-54-63(50)48(40-91-54)37-62(51)99(2)41-46)71(102)92-57(27-16-30-89-78(85)86)72(103)94-58(34-44-17-5-3-6-18-44)74(105)95-59(35-45-19-7-4-8-20-45)75(106)96-60(36-47-39-90-53-23-10-9-21-49(47)53)76(107)93-56(73(104)98-69)25-11-13-28-84/h3-10,15,17-23,26,39-40,43,46,51,55-62,69,87,90-91,100H,11-14,16,24-25,27-38,41-42,84H2,1-2H3,(H,88,101)(H,92,102)(H,93,107)(H,94,103)(H,95,105)(H,96,106)(H,97,108)(H,98,104)(H4,85,86,89)/t43-,46-,51-,55-,56+,57+,58+,59+,60-,61+,62-,69+/m1/s1. The van der Waals surface area contributed by atoms with Crippen LogP contribution < -0.4 is 65.1 Å². The van der Waals surface area contributed by atoms with E-state index in [1.54, 1.807) is 103 Å². The zero-order chi connectivity index (χ0) is 77.8. The number of hydrogen-bond donors (Lipinski definition) is 15. The summed E-state index contributed by atoms with van der Waals surface area (Å²) in [5, 5.41) is 37.9. The zero-order valence-corrected chi connectivity index (χ0v) is 61.7. The third-order valence-electron chi connectivity index (χ3n) is 20.5. The van der Waals surface area contributed by atoms with Crippen LogP contribution >= 0.6 is 11.8 Å². The number of H-pyrrole nitrogens is 2. The Morgan fingerprint density at radius 1 is 0.606 bits per heavy atom. The molecule has 109 heavy (non-hydrogen) atoms. The van der Waals surface area contributed by atoms with Gasteiger partial charge in [0.25, 0.3) is 0 Å². The third-order valence-corrected chi connectivity index (χ3v) is 21.7. The van der Waals surface area contributed by atoms with Crippen LogP contribution in [0.25, 0.3) is 21.8 Å². The molecule has 8 amide bonds. The number of aliphatic hydroxyl groups excluding tert-OH is 1. The molecule has 2 aliphatic heterocycles. The lowest BCUT2D eigenvalue weighted by molar-refractivity contribution is -0.136. The topological polar surface area (TPSA) is 390 Å². The van der Waals surface area contributed by atoms with Crippen molar-refractivity contribution in [1.29, 1.82) is 0 Å². The highest BCUT2D eigenvalue weighted by atomic mass is 32.2. The monoisotopic (exact) mass is 1530 g/mol. The highest BCUT2D eigenvalue weighted by Gasteiger charge is 2.41. The lowest BCUT2D eigenvalue weighted by Crippen LogP contribution is -2.62. The van der Waals surface area contributed by atoms with E-state index in [0.717, 1.165) is 37.6 Å². The summed E-state index contributed by atoms with van der Waals surface area (Å²) in [6.45, 7) is 2.18. The summed E-state index contributed by atoms with van der Waals surface area (Å²) in [7, 11) is 2.17. The quantitative estimate of drug-likeness (QED) is 0.0106. The fraction of sp³-hybridized carbons (Fsp3) is 0.449. The van der Waals surface area contributed by atoms with Gasteiger partial charge in [0.1, 0.15) is 42.3 Å². The van der Waals surface area contributed by atoms with Crippen molar-refractivity contribution >= 4 is 86.8 Å². The predicted octanol–water partition coefficient (Wildman–Crippen LogP) is 4.22. The third kappa shape index (κ3) is 21.5. The molecule has 31 heteroatoms. The number of benzene rings is 5. The summed E-state index contributed by atoms with van der Waals surface area (Å²) in [5.74, 6) is -17.7. The Kier molecular flexibility index (Phi) is 29.1. The molecule has 18 N–H and O–H groups in total. The van der Waals surface area contributed by atoms with Gasteiger partial charge >= 0.3 is 0 Å². The number of para-hydroxylation sites is 1. The van der Waals surface area contributed by atoms with Crippen LogP contribution in [0.2, 0.25) is 0 Å². The van der Waals surface area contributed by atoms with Gasteiger partial charge in [-0.05, 0) is 136 Å². The molecule has 0 unspecified atom stereocenters. The minimum absolute atomic E-state index is 0.0343. The fourth-order valence-corrected chi connectivity index (χ4v) is 15.8. The Bertz CT molecular complexity index is 4330. The first-order chi connectivity index (χ1) is 52.5. The van der Waals surface area contributed by atoms with Crippen molar-refractivity contribution in [1.82, 2.24) is 62.7 Å². The molecule has 4 heterocycles. The van der Waals surface area contributed by atoms with Crippen LogP contribution in [0, 0.1) is 35.0 Å². The van der Waals surface area contributed by atoms with Crippen molar-refractivity contribution in [2.24, 2.45) is 28.1 Å². The number of fused-ring (bicyclic) bond motifs is 3. The summed E-state index contributed by atoms with van der Waals surface area (Å²) >= 11 is 1.72. The van der Waals surface area contributed by atoms with E-state index in [2.05, 4.69) is 99.2 Å². The molecule has 25 nitrogen and oxygen atoms in total. The SMILES string of the molecule is C[C@@H](O)[C@@H]1NC(=O)[C@H](CCCCN)NC(=O)[C@@H](Cc2c[nH]c3ccccc23)NC(=O)[C@H](Cc2ccccc2)NC(=O)[C@H](Cc2ccccc2)NC(=O)[C@H](CCCN=C(N)N)NC(=O)[C@H](NCCSC[C@@H]2C[C@@H]3c4cccc5[nH]cc(c45)C[C@H]3N(C)C2)CCCCNC(=O)[C@H](Cc2c(F)c(F)c(F)c(F)c2F)NC1=O. The highest BCUT2D eigenvalue weighted by molar-refractivity contribution is 7.99. The first-order valence-electron chi connectivity index (χ1n) is 37.0. The Labute approximate surface area is 632 Å². The number of aliphatic imine (C=N–C) groups is 1. The maximum Gasteiger partial charge on any atom is 0.245 e. The number of piperidine rings is 1. The minimum atomic E-state index is -2.48. The van der Waals surface area contributed by atoms with E-state index in [9.17, 15) is 32.7 Å². The number of rotatable bonds is 23. The number of halogens is 5. The molecule has 2 saturated heterocycles. The number of aromatic nitrogens is 2. The summed E-state index contributed by atoms with van der Waals surface area (Å²) in [6, 6.07) is 18.7. The maximum absolute atomic E-state index is 15.6. The number of guanidine groups is 1. The van der Waals surface area contributed by atoms with E-state index in [-0.39, 0.29) is 89.8 Å². The van der Waals surface area contributed by atoms with Gasteiger partial charge in [-0.25, -0.2) is 22.0 Å². The molecule has 1 aliphatic carbocycles. The van der Waals surface area contributed by atoms with Crippen LogP contribution in [0.4, 0.5) is 22.0 Å². The van der Waals surface area contributed by atoms with Crippen LogP contribution in [0.1, 0.15) is 104 Å². The molecule has 2 fully saturated rings. The number of likely N-dealkylation sites (N-methyl/N-ethyl adjacent to an activating group) is 1. The number of amides is 8. The molecule has 2 aromatic heterocycles. The van der Waals surface area contributed by atoms with Crippen LogP contribution in [0.3, 0.4) is 0 Å². The number of nitrogens with one attached hydrogen (secondary N) is 11. The minimum Gasteiger partial charge on any atom is -0.391 e. The van der Waals surface area contributed by atoms with E-state index in [1.807, 2.05) is 0 Å². The van der Waals surface area contributed by atoms with Crippen LogP contribution in [-0.4, -0.2) is 185 Å². The van der Waals surface area contributed by atoms with E-state index in [0.29, 0.717) is 64.2 Å². The van der Waals surface area contributed by atoms with Gasteiger partial charge in [-0.1, -0.05) is 91.0 Å². The average Bonchev–Trinajstić information content (AvgIpc) is 1.67. The van der Waals surface area contributed by atoms with E-state index >= 15 is 32.8 Å². The zero-order valence-electron chi connectivity index (χ0n) is 60.9. The van der Waals surface area contributed by atoms with Gasteiger partial charge in [0, 0.05) is 109 Å². The Balaban J connectivity index is 0.980. The van der Waals surface area contributed by atoms with Gasteiger partial charge in [0.2, 0.25) is 53.1 Å². The maximum atomic E-state index is 15.6. The normalized spacial score (nSPS) is 23.7. The molecule has 584 valence electrons. The van der Waals surface area contributed by atoms with Gasteiger partial charge in [-0.15, -0.1) is 0 Å². The molecule has 3 aliphatic rings. The Hall–Kier alpha value is -9.95. The molecule has 10 rings (SSSR count). The summed E-state index contributed by atoms with van der Waals surface area (Å²) in [5.41, 5.74) is 22.0. The van der Waals surface area contributed by atoms with E-state index in [1.165, 1.54) is 16.5 Å². The lowest BCUT2D eigenvalue weighted by Gasteiger charge is -2.45. The molecule has 0 radical (unpaired) electrons. The van der Waals surface area contributed by atoms with Gasteiger partial charge in [0.15, 0.2) is 29.2 Å². The van der Waals surface area contributed by atoms with Crippen molar-refractivity contribution in [3.63, 3.8) is 0 Å². The number of carbonyl (C=O) groups excluding carboxylic acids is 8. The van der Waals surface area contributed by atoms with Crippen molar-refractivity contribution in [2.45, 2.75) is 163 Å². The Morgan fingerprint density at radius 3 is 1.80 bits per heavy atom. The molecule has 0 spiro atoms. The van der Waals surface area contributed by atoms with Gasteiger partial charge in [-0.2, -0.15) is 11.8 Å². The summed E-state index contributed by atoms with van der Waals surface area (Å²) in [4.78, 5) is 133. The highest BCUT2D eigenvalue weighted by Crippen LogP contribution is 2.45. The molecular weight excluding hydrogens is 1430 g/mol. The van der Waals surface area contributed by atoms with E-state index < -0.39 is 143 Å². The van der Waals surface area contributed by atoms with Crippen LogP contribution in [0.15, 0.2) is 121 Å². The van der Waals surface area contributed by atoms with Gasteiger partial charge < -0.3 is 85.0 Å². The number of unbranched alkanes of at least 4 members (excludes halogenated alkanes) is 1. The molecule has 12 atom stereocenters. The number of carbonyl (C=O) groups is 8.